The second kappa shape index (κ2) is 10.6. The van der Waals surface area contributed by atoms with Gasteiger partial charge in [-0.2, -0.15) is 0 Å². The lowest BCUT2D eigenvalue weighted by Gasteiger charge is -2.42. The van der Waals surface area contributed by atoms with Crippen LogP contribution in [0.2, 0.25) is 0 Å². The first-order valence-electron chi connectivity index (χ1n) is 9.68. The first-order valence-corrected chi connectivity index (χ1v) is 10.2. The lowest BCUT2D eigenvalue weighted by Crippen LogP contribution is -2.61. The molecule has 1 aliphatic heterocycles. The second-order valence-corrected chi connectivity index (χ2v) is 9.42. The van der Waals surface area contributed by atoms with Crippen LogP contribution in [-0.2, 0) is 42.9 Å². The Kier molecular flexibility index (Phi) is 9.25. The Labute approximate surface area is 185 Å². The molecule has 1 heterocycles. The van der Waals surface area contributed by atoms with E-state index in [1.165, 1.54) is 0 Å². The summed E-state index contributed by atoms with van der Waals surface area (Å²) in [6, 6.07) is 0. The average molecular weight is 469 g/mol. The van der Waals surface area contributed by atoms with E-state index in [4.69, 9.17) is 35.3 Å². The summed E-state index contributed by atoms with van der Waals surface area (Å²) in [6.07, 6.45) is -8.47. The third kappa shape index (κ3) is 7.92. The monoisotopic (exact) mass is 468 g/mol. The van der Waals surface area contributed by atoms with Crippen LogP contribution < -0.4 is 0 Å². The number of carbonyl (C=O) groups excluding carboxylic acids is 4. The van der Waals surface area contributed by atoms with Crippen molar-refractivity contribution in [3.05, 3.63) is 0 Å². The number of hydrogen-bond acceptors (Lipinski definition) is 9. The average Bonchev–Trinajstić information content (AvgIpc) is 2.62. The lowest BCUT2D eigenvalue weighted by atomic mass is 9.95. The van der Waals surface area contributed by atoms with Crippen molar-refractivity contribution in [2.75, 3.05) is 12.5 Å². The minimum atomic E-state index is -2.07. The van der Waals surface area contributed by atoms with Crippen LogP contribution in [0.25, 0.3) is 0 Å². The SMILES string of the molecule is CC(=O)O[C@@H]1OC(COC(=O)C(C)(C)C)[C@H](F)[C@H](OC(=O)C(C)(C)C)C1OC(=O)CCl. The zero-order valence-corrected chi connectivity index (χ0v) is 19.5. The Morgan fingerprint density at radius 1 is 0.903 bits per heavy atom. The first kappa shape index (κ1) is 27.1. The van der Waals surface area contributed by atoms with E-state index in [9.17, 15) is 19.2 Å². The summed E-state index contributed by atoms with van der Waals surface area (Å²) in [7, 11) is 0. The molecule has 2 unspecified atom stereocenters. The molecule has 178 valence electrons. The largest absolute Gasteiger partial charge is 0.462 e. The third-order valence-electron chi connectivity index (χ3n) is 4.08. The van der Waals surface area contributed by atoms with E-state index < -0.39 is 78.0 Å². The van der Waals surface area contributed by atoms with Gasteiger partial charge in [0.15, 0.2) is 12.3 Å². The van der Waals surface area contributed by atoms with E-state index in [0.29, 0.717) is 0 Å². The highest BCUT2D eigenvalue weighted by Crippen LogP contribution is 2.32. The predicted octanol–water partition coefficient (Wildman–Crippen LogP) is 2.31. The minimum absolute atomic E-state index is 0.547. The van der Waals surface area contributed by atoms with Crippen molar-refractivity contribution in [1.82, 2.24) is 0 Å². The topological polar surface area (TPSA) is 114 Å². The van der Waals surface area contributed by atoms with Crippen LogP contribution in [-0.4, -0.2) is 67.1 Å². The van der Waals surface area contributed by atoms with Crippen LogP contribution in [0.3, 0.4) is 0 Å². The molecular weight excluding hydrogens is 439 g/mol. The maximum absolute atomic E-state index is 15.4. The number of rotatable bonds is 6. The summed E-state index contributed by atoms with van der Waals surface area (Å²) >= 11 is 5.46. The van der Waals surface area contributed by atoms with Gasteiger partial charge in [-0.25, -0.2) is 4.39 Å². The molecule has 0 aromatic carbocycles. The molecule has 0 amide bonds. The molecule has 0 aliphatic carbocycles. The molecule has 11 heteroatoms. The van der Waals surface area contributed by atoms with E-state index in [1.807, 2.05) is 0 Å². The number of esters is 4. The summed E-state index contributed by atoms with van der Waals surface area (Å²) in [4.78, 5) is 47.8. The summed E-state index contributed by atoms with van der Waals surface area (Å²) in [5.74, 6) is -3.77. The summed E-state index contributed by atoms with van der Waals surface area (Å²) < 4.78 is 41.3. The van der Waals surface area contributed by atoms with Crippen LogP contribution >= 0.6 is 11.6 Å². The molecule has 9 nitrogen and oxygen atoms in total. The molecule has 1 rings (SSSR count). The van der Waals surface area contributed by atoms with Crippen LogP contribution in [0.4, 0.5) is 4.39 Å². The molecule has 1 saturated heterocycles. The molecule has 5 atom stereocenters. The maximum atomic E-state index is 15.4. The van der Waals surface area contributed by atoms with Gasteiger partial charge < -0.3 is 23.7 Å². The molecule has 1 fully saturated rings. The third-order valence-corrected chi connectivity index (χ3v) is 4.29. The number of alkyl halides is 2. The molecule has 1 aliphatic rings. The standard InChI is InChI=1S/C20H30ClFO9/c1-10(23)28-16-15(30-12(24)8-21)14(31-18(26)20(5,6)7)13(22)11(29-16)9-27-17(25)19(2,3)4/h11,13-16H,8-9H2,1-7H3/t11?,13-,14-,15?,16+/m0/s1. The second-order valence-electron chi connectivity index (χ2n) is 9.15. The summed E-state index contributed by atoms with van der Waals surface area (Å²) in [6.45, 7) is 10.0. The smallest absolute Gasteiger partial charge is 0.321 e. The Morgan fingerprint density at radius 3 is 1.90 bits per heavy atom. The zero-order chi connectivity index (χ0) is 24.1. The van der Waals surface area contributed by atoms with Gasteiger partial charge >= 0.3 is 23.9 Å². The van der Waals surface area contributed by atoms with Crippen molar-refractivity contribution in [1.29, 1.82) is 0 Å². The number of hydrogen-bond donors (Lipinski definition) is 0. The van der Waals surface area contributed by atoms with Gasteiger partial charge in [-0.1, -0.05) is 0 Å². The van der Waals surface area contributed by atoms with Crippen LogP contribution in [0, 0.1) is 10.8 Å². The van der Waals surface area contributed by atoms with E-state index >= 15 is 4.39 Å². The van der Waals surface area contributed by atoms with Crippen molar-refractivity contribution < 1.29 is 47.3 Å². The fraction of sp³-hybridized carbons (Fsp3) is 0.800. The van der Waals surface area contributed by atoms with Gasteiger partial charge in [0.05, 0.1) is 10.8 Å². The molecule has 0 radical (unpaired) electrons. The van der Waals surface area contributed by atoms with E-state index in [2.05, 4.69) is 0 Å². The maximum Gasteiger partial charge on any atom is 0.321 e. The number of carbonyl (C=O) groups is 4. The highest BCUT2D eigenvalue weighted by molar-refractivity contribution is 6.26. The molecule has 0 N–H and O–H groups in total. The summed E-state index contributed by atoms with van der Waals surface area (Å²) in [5, 5.41) is 0. The molecule has 0 aromatic heterocycles. The van der Waals surface area contributed by atoms with Crippen LogP contribution in [0.1, 0.15) is 48.5 Å². The van der Waals surface area contributed by atoms with Gasteiger partial charge in [0, 0.05) is 6.92 Å². The van der Waals surface area contributed by atoms with Gasteiger partial charge in [-0.15, -0.1) is 11.6 Å². The van der Waals surface area contributed by atoms with Crippen molar-refractivity contribution >= 4 is 35.5 Å². The van der Waals surface area contributed by atoms with Crippen molar-refractivity contribution in [3.8, 4) is 0 Å². The molecule has 0 spiro atoms. The molecule has 0 aromatic rings. The van der Waals surface area contributed by atoms with Crippen LogP contribution in [0.15, 0.2) is 0 Å². The number of halogens is 2. The molecule has 0 bridgehead atoms. The van der Waals surface area contributed by atoms with Gasteiger partial charge in [0.1, 0.15) is 18.6 Å². The van der Waals surface area contributed by atoms with Crippen molar-refractivity contribution in [2.24, 2.45) is 10.8 Å². The quantitative estimate of drug-likeness (QED) is 0.329. The predicted molar refractivity (Wildman–Crippen MR) is 106 cm³/mol. The normalized spacial score (nSPS) is 26.5. The van der Waals surface area contributed by atoms with Crippen molar-refractivity contribution in [3.63, 3.8) is 0 Å². The highest BCUT2D eigenvalue weighted by Gasteiger charge is 2.53. The minimum Gasteiger partial charge on any atom is -0.462 e. The van der Waals surface area contributed by atoms with E-state index in [0.717, 1.165) is 6.92 Å². The Bertz CT molecular complexity index is 683. The van der Waals surface area contributed by atoms with Gasteiger partial charge in [-0.3, -0.25) is 19.2 Å². The lowest BCUT2D eigenvalue weighted by molar-refractivity contribution is -0.290. The van der Waals surface area contributed by atoms with Crippen molar-refractivity contribution in [2.45, 2.75) is 79.2 Å². The van der Waals surface area contributed by atoms with E-state index in [-0.39, 0.29) is 0 Å². The first-order chi connectivity index (χ1) is 14.1. The van der Waals surface area contributed by atoms with Gasteiger partial charge in [0.25, 0.3) is 0 Å². The fourth-order valence-corrected chi connectivity index (χ4v) is 2.44. The van der Waals surface area contributed by atoms with E-state index in [1.54, 1.807) is 41.5 Å². The Morgan fingerprint density at radius 2 is 1.45 bits per heavy atom. The van der Waals surface area contributed by atoms with Crippen LogP contribution in [0.5, 0.6) is 0 Å². The van der Waals surface area contributed by atoms with Gasteiger partial charge in [-0.05, 0) is 41.5 Å². The molecule has 0 saturated carbocycles. The Balaban J connectivity index is 3.22. The Hall–Kier alpha value is -1.94. The zero-order valence-electron chi connectivity index (χ0n) is 18.7. The molecule has 31 heavy (non-hydrogen) atoms. The summed E-state index contributed by atoms with van der Waals surface area (Å²) in [5.41, 5.74) is -1.86. The highest BCUT2D eigenvalue weighted by atomic mass is 35.5. The van der Waals surface area contributed by atoms with Gasteiger partial charge in [0.2, 0.25) is 12.4 Å². The molecular formula is C20H30ClFO9. The fourth-order valence-electron chi connectivity index (χ4n) is 2.37. The number of ether oxygens (including phenoxy) is 5.